The number of fused-ring (bicyclic) bond motifs is 1. The first kappa shape index (κ1) is 17.3. The molecule has 0 amide bonds. The van der Waals surface area contributed by atoms with Gasteiger partial charge < -0.3 is 5.32 Å². The van der Waals surface area contributed by atoms with Crippen LogP contribution in [0.3, 0.4) is 0 Å². The van der Waals surface area contributed by atoms with Gasteiger partial charge in [0.25, 0.3) is 0 Å². The predicted molar refractivity (Wildman–Crippen MR) is 96.8 cm³/mol. The molecule has 0 aliphatic rings. The molecule has 0 unspecified atom stereocenters. The zero-order valence-electron chi connectivity index (χ0n) is 14.3. The third-order valence-corrected chi connectivity index (χ3v) is 4.39. The molecule has 0 radical (unpaired) electrons. The van der Waals surface area contributed by atoms with Gasteiger partial charge in [0.15, 0.2) is 11.5 Å². The summed E-state index contributed by atoms with van der Waals surface area (Å²) in [6.07, 6.45) is 1.14. The Morgan fingerprint density at radius 1 is 1.08 bits per heavy atom. The molecule has 2 N–H and O–H groups in total. The van der Waals surface area contributed by atoms with E-state index in [1.54, 1.807) is 24.4 Å². The quantitative estimate of drug-likeness (QED) is 0.691. The van der Waals surface area contributed by atoms with E-state index in [1.165, 1.54) is 0 Å². The number of hydrogen-bond acceptors (Lipinski definition) is 6. The molecular formula is C16H20N6O2S. The monoisotopic (exact) mass is 360 g/mol. The average molecular weight is 360 g/mol. The first-order chi connectivity index (χ1) is 11.7. The Morgan fingerprint density at radius 3 is 2.48 bits per heavy atom. The summed E-state index contributed by atoms with van der Waals surface area (Å²) in [5.74, 6) is 1.25. The maximum absolute atomic E-state index is 11.4. The highest BCUT2D eigenvalue weighted by molar-refractivity contribution is 7.88. The van der Waals surface area contributed by atoms with Crippen molar-refractivity contribution in [2.45, 2.75) is 19.4 Å². The van der Waals surface area contributed by atoms with Gasteiger partial charge in [0.2, 0.25) is 10.0 Å². The van der Waals surface area contributed by atoms with Gasteiger partial charge in [-0.2, -0.15) is 4.52 Å². The van der Waals surface area contributed by atoms with Crippen molar-refractivity contribution < 1.29 is 8.42 Å². The minimum atomic E-state index is -3.29. The van der Waals surface area contributed by atoms with Crippen molar-refractivity contribution >= 4 is 21.5 Å². The molecule has 2 heterocycles. The van der Waals surface area contributed by atoms with Crippen molar-refractivity contribution in [2.75, 3.05) is 18.1 Å². The lowest BCUT2D eigenvalue weighted by Crippen LogP contribution is -2.47. The molecule has 3 aromatic rings. The normalized spacial score (nSPS) is 12.4. The van der Waals surface area contributed by atoms with E-state index in [9.17, 15) is 8.42 Å². The van der Waals surface area contributed by atoms with Crippen LogP contribution in [0.5, 0.6) is 0 Å². The van der Waals surface area contributed by atoms with Crippen molar-refractivity contribution in [3.63, 3.8) is 0 Å². The van der Waals surface area contributed by atoms with Gasteiger partial charge in [-0.25, -0.2) is 13.1 Å². The third-order valence-electron chi connectivity index (χ3n) is 3.47. The third kappa shape index (κ3) is 4.31. The Bertz CT molecular complexity index is 982. The van der Waals surface area contributed by atoms with Crippen molar-refractivity contribution in [3.05, 3.63) is 42.5 Å². The summed E-state index contributed by atoms with van der Waals surface area (Å²) in [4.78, 5) is 0. The summed E-state index contributed by atoms with van der Waals surface area (Å²) < 4.78 is 27.1. The van der Waals surface area contributed by atoms with Crippen LogP contribution in [-0.4, -0.2) is 46.6 Å². The van der Waals surface area contributed by atoms with E-state index in [2.05, 4.69) is 25.3 Å². The minimum absolute atomic E-state index is 0.376. The average Bonchev–Trinajstić information content (AvgIpc) is 2.95. The van der Waals surface area contributed by atoms with Crippen LogP contribution in [0.2, 0.25) is 0 Å². The summed E-state index contributed by atoms with van der Waals surface area (Å²) in [5.41, 5.74) is 0.899. The number of anilines is 1. The van der Waals surface area contributed by atoms with E-state index in [-0.39, 0.29) is 0 Å². The summed E-state index contributed by atoms with van der Waals surface area (Å²) in [7, 11) is -3.29. The van der Waals surface area contributed by atoms with Crippen LogP contribution in [0.4, 0.5) is 5.82 Å². The second-order valence-corrected chi connectivity index (χ2v) is 8.24. The predicted octanol–water partition coefficient (Wildman–Crippen LogP) is 1.53. The van der Waals surface area contributed by atoms with Gasteiger partial charge in [0.05, 0.1) is 6.26 Å². The lowest BCUT2D eigenvalue weighted by atomic mass is 10.1. The van der Waals surface area contributed by atoms with E-state index in [4.69, 9.17) is 0 Å². The van der Waals surface area contributed by atoms with E-state index < -0.39 is 15.6 Å². The first-order valence-corrected chi connectivity index (χ1v) is 9.63. The highest BCUT2D eigenvalue weighted by atomic mass is 32.2. The molecule has 3 rings (SSSR count). The largest absolute Gasteiger partial charge is 0.367 e. The number of nitrogens with zero attached hydrogens (tertiary/aromatic N) is 4. The molecule has 132 valence electrons. The number of rotatable bonds is 6. The maximum atomic E-state index is 11.4. The summed E-state index contributed by atoms with van der Waals surface area (Å²) in [5, 5.41) is 16.0. The molecule has 0 saturated heterocycles. The molecule has 0 aliphatic carbocycles. The van der Waals surface area contributed by atoms with Gasteiger partial charge in [-0.05, 0) is 26.0 Å². The van der Waals surface area contributed by atoms with Crippen LogP contribution < -0.4 is 10.0 Å². The number of nitrogens with one attached hydrogen (secondary N) is 2. The van der Waals surface area contributed by atoms with E-state index in [0.717, 1.165) is 11.8 Å². The summed E-state index contributed by atoms with van der Waals surface area (Å²) in [6.45, 7) is 3.98. The Balaban J connectivity index is 1.84. The van der Waals surface area contributed by atoms with E-state index in [0.29, 0.717) is 23.8 Å². The second-order valence-electron chi connectivity index (χ2n) is 6.49. The van der Waals surface area contributed by atoms with Crippen molar-refractivity contribution in [2.24, 2.45) is 0 Å². The minimum Gasteiger partial charge on any atom is -0.367 e. The first-order valence-electron chi connectivity index (χ1n) is 7.74. The molecule has 0 saturated carbocycles. The smallest absolute Gasteiger partial charge is 0.209 e. The Labute approximate surface area is 146 Å². The van der Waals surface area contributed by atoms with Crippen molar-refractivity contribution in [1.82, 2.24) is 24.5 Å². The lowest BCUT2D eigenvalue weighted by Gasteiger charge is -2.25. The molecule has 9 heteroatoms. The van der Waals surface area contributed by atoms with Gasteiger partial charge in [-0.3, -0.25) is 0 Å². The second kappa shape index (κ2) is 6.41. The molecule has 0 atom stereocenters. The molecule has 0 spiro atoms. The summed E-state index contributed by atoms with van der Waals surface area (Å²) >= 11 is 0. The molecule has 1 aromatic carbocycles. The van der Waals surface area contributed by atoms with Crippen LogP contribution in [0.1, 0.15) is 13.8 Å². The fourth-order valence-electron chi connectivity index (χ4n) is 2.50. The van der Waals surface area contributed by atoms with E-state index in [1.807, 2.05) is 36.4 Å². The molecule has 0 aliphatic heterocycles. The Hall–Kier alpha value is -2.52. The topological polar surface area (TPSA) is 101 Å². The zero-order valence-corrected chi connectivity index (χ0v) is 15.1. The fraction of sp³-hybridized carbons (Fsp3) is 0.312. The van der Waals surface area contributed by atoms with Crippen LogP contribution in [0, 0.1) is 0 Å². The molecule has 8 nitrogen and oxygen atoms in total. The van der Waals surface area contributed by atoms with Crippen LogP contribution in [-0.2, 0) is 10.0 Å². The number of sulfonamides is 1. The zero-order chi connectivity index (χ0) is 18.1. The SMILES string of the molecule is CC(C)(CNc1ccc2nnc(-c3ccccc3)n2n1)NS(C)(=O)=O. The number of hydrogen-bond donors (Lipinski definition) is 2. The lowest BCUT2D eigenvalue weighted by molar-refractivity contribution is 0.475. The van der Waals surface area contributed by atoms with Crippen LogP contribution >= 0.6 is 0 Å². The standard InChI is InChI=1S/C16H20N6O2S/c1-16(2,21-25(3,23)24)11-17-13-9-10-14-18-19-15(22(14)20-13)12-7-5-4-6-8-12/h4-10,21H,11H2,1-3H3,(H,17,20). The van der Waals surface area contributed by atoms with Crippen LogP contribution in [0.25, 0.3) is 17.0 Å². The highest BCUT2D eigenvalue weighted by Crippen LogP contribution is 2.18. The van der Waals surface area contributed by atoms with Crippen molar-refractivity contribution in [1.29, 1.82) is 0 Å². The van der Waals surface area contributed by atoms with Gasteiger partial charge in [-0.15, -0.1) is 15.3 Å². The van der Waals surface area contributed by atoms with Gasteiger partial charge in [-0.1, -0.05) is 30.3 Å². The Kier molecular flexibility index (Phi) is 4.44. The number of benzene rings is 1. The molecule has 0 fully saturated rings. The molecular weight excluding hydrogens is 340 g/mol. The van der Waals surface area contributed by atoms with Gasteiger partial charge >= 0.3 is 0 Å². The van der Waals surface area contributed by atoms with E-state index >= 15 is 0 Å². The highest BCUT2D eigenvalue weighted by Gasteiger charge is 2.22. The summed E-state index contributed by atoms with van der Waals surface area (Å²) in [6, 6.07) is 13.3. The molecule has 0 bridgehead atoms. The van der Waals surface area contributed by atoms with Crippen molar-refractivity contribution in [3.8, 4) is 11.4 Å². The fourth-order valence-corrected chi connectivity index (χ4v) is 3.58. The Morgan fingerprint density at radius 2 is 1.80 bits per heavy atom. The maximum Gasteiger partial charge on any atom is 0.209 e. The molecule has 25 heavy (non-hydrogen) atoms. The number of aromatic nitrogens is 4. The van der Waals surface area contributed by atoms with Crippen LogP contribution in [0.15, 0.2) is 42.5 Å². The molecule has 2 aromatic heterocycles. The van der Waals surface area contributed by atoms with Gasteiger partial charge in [0, 0.05) is 17.6 Å². The van der Waals surface area contributed by atoms with Gasteiger partial charge in [0.1, 0.15) is 5.82 Å².